The highest BCUT2D eigenvalue weighted by Gasteiger charge is 2.29. The van der Waals surface area contributed by atoms with Crippen molar-refractivity contribution < 1.29 is 13.2 Å². The monoisotopic (exact) mass is 368 g/mol. The molecule has 0 aliphatic heterocycles. The van der Waals surface area contributed by atoms with Crippen LogP contribution in [0.15, 0.2) is 24.3 Å². The van der Waals surface area contributed by atoms with E-state index in [1.165, 1.54) is 4.31 Å². The Bertz CT molecular complexity index is 641. The van der Waals surface area contributed by atoms with Gasteiger partial charge in [0.05, 0.1) is 11.9 Å². The Morgan fingerprint density at radius 1 is 1.20 bits per heavy atom. The van der Waals surface area contributed by atoms with Crippen LogP contribution >= 0.6 is 0 Å². The van der Waals surface area contributed by atoms with Crippen LogP contribution < -0.4 is 9.62 Å². The Morgan fingerprint density at radius 2 is 1.80 bits per heavy atom. The number of hydrogen-bond acceptors (Lipinski definition) is 3. The van der Waals surface area contributed by atoms with Gasteiger partial charge in [-0.25, -0.2) is 8.42 Å². The van der Waals surface area contributed by atoms with Crippen molar-refractivity contribution in [3.05, 3.63) is 29.8 Å². The number of anilines is 1. The first kappa shape index (κ1) is 21.5. The molecular formula is C19H32N2O3S. The van der Waals surface area contributed by atoms with Crippen molar-refractivity contribution in [1.82, 2.24) is 5.32 Å². The average Bonchev–Trinajstić information content (AvgIpc) is 2.55. The van der Waals surface area contributed by atoms with Crippen molar-refractivity contribution in [2.24, 2.45) is 5.92 Å². The molecule has 0 aliphatic rings. The molecule has 0 heterocycles. The molecule has 0 saturated heterocycles. The zero-order valence-electron chi connectivity index (χ0n) is 16.1. The number of sulfonamides is 1. The number of benzene rings is 1. The molecule has 5 nitrogen and oxygen atoms in total. The zero-order chi connectivity index (χ0) is 19.0. The summed E-state index contributed by atoms with van der Waals surface area (Å²) in [7, 11) is -3.56. The topological polar surface area (TPSA) is 66.5 Å². The van der Waals surface area contributed by atoms with E-state index in [1.807, 2.05) is 19.1 Å². The van der Waals surface area contributed by atoms with Gasteiger partial charge in [0.15, 0.2) is 0 Å². The Balaban J connectivity index is 2.85. The lowest BCUT2D eigenvalue weighted by Crippen LogP contribution is -2.48. The number of unbranched alkanes of at least 4 members (excludes halogenated alkanes) is 1. The Hall–Kier alpha value is -1.56. The molecule has 1 amide bonds. The fraction of sp³-hybridized carbons (Fsp3) is 0.632. The van der Waals surface area contributed by atoms with E-state index >= 15 is 0 Å². The normalized spacial score (nSPS) is 14.0. The second-order valence-corrected chi connectivity index (χ2v) is 8.59. The van der Waals surface area contributed by atoms with Crippen molar-refractivity contribution in [2.45, 2.75) is 59.4 Å². The van der Waals surface area contributed by atoms with Crippen LogP contribution in [0.25, 0.3) is 0 Å². The predicted octanol–water partition coefficient (Wildman–Crippen LogP) is 3.48. The van der Waals surface area contributed by atoms with Gasteiger partial charge in [0.25, 0.3) is 0 Å². The van der Waals surface area contributed by atoms with Crippen LogP contribution in [0.5, 0.6) is 0 Å². The number of carbonyl (C=O) groups excluding carboxylic acids is 1. The minimum absolute atomic E-state index is 0.263. The van der Waals surface area contributed by atoms with Gasteiger partial charge < -0.3 is 5.32 Å². The number of amides is 1. The van der Waals surface area contributed by atoms with Crippen molar-refractivity contribution in [2.75, 3.05) is 17.1 Å². The second kappa shape index (κ2) is 9.80. The lowest BCUT2D eigenvalue weighted by Gasteiger charge is -2.29. The molecule has 2 atom stereocenters. The van der Waals surface area contributed by atoms with Gasteiger partial charge in [0.1, 0.15) is 6.04 Å². The van der Waals surface area contributed by atoms with Crippen molar-refractivity contribution in [3.63, 3.8) is 0 Å². The molecule has 1 N–H and O–H groups in total. The second-order valence-electron chi connectivity index (χ2n) is 6.73. The van der Waals surface area contributed by atoms with Crippen molar-refractivity contribution in [3.8, 4) is 0 Å². The smallest absolute Gasteiger partial charge is 0.243 e. The molecule has 1 aromatic rings. The van der Waals surface area contributed by atoms with Gasteiger partial charge >= 0.3 is 0 Å². The van der Waals surface area contributed by atoms with Gasteiger partial charge in [-0.15, -0.1) is 0 Å². The molecule has 0 bridgehead atoms. The highest BCUT2D eigenvalue weighted by Crippen LogP contribution is 2.21. The van der Waals surface area contributed by atoms with E-state index in [2.05, 4.69) is 19.2 Å². The number of carbonyl (C=O) groups is 1. The van der Waals surface area contributed by atoms with Crippen LogP contribution in [0.1, 0.15) is 52.0 Å². The Morgan fingerprint density at radius 3 is 2.28 bits per heavy atom. The molecule has 1 aromatic carbocycles. The first-order valence-electron chi connectivity index (χ1n) is 9.04. The number of aryl methyl sites for hydroxylation is 1. The number of nitrogens with zero attached hydrogens (tertiary/aromatic N) is 1. The third-order valence-electron chi connectivity index (χ3n) is 4.49. The summed E-state index contributed by atoms with van der Waals surface area (Å²) in [6.07, 6.45) is 5.49. The maximum absolute atomic E-state index is 12.5. The zero-order valence-corrected chi connectivity index (χ0v) is 16.9. The third kappa shape index (κ3) is 6.69. The molecular weight excluding hydrogens is 336 g/mol. The average molecular weight is 369 g/mol. The third-order valence-corrected chi connectivity index (χ3v) is 5.73. The summed E-state index contributed by atoms with van der Waals surface area (Å²) in [4.78, 5) is 12.5. The summed E-state index contributed by atoms with van der Waals surface area (Å²) >= 11 is 0. The first-order chi connectivity index (χ1) is 11.7. The quantitative estimate of drug-likeness (QED) is 0.687. The van der Waals surface area contributed by atoms with Gasteiger partial charge in [0, 0.05) is 6.54 Å². The van der Waals surface area contributed by atoms with Crippen LogP contribution in [0, 0.1) is 12.8 Å². The largest absolute Gasteiger partial charge is 0.354 e. The molecule has 0 saturated carbocycles. The van der Waals surface area contributed by atoms with Crippen LogP contribution in [0.4, 0.5) is 5.69 Å². The summed E-state index contributed by atoms with van der Waals surface area (Å²) in [5.41, 5.74) is 1.55. The Labute approximate surface area is 152 Å². The van der Waals surface area contributed by atoms with E-state index in [1.54, 1.807) is 19.1 Å². The fourth-order valence-corrected chi connectivity index (χ4v) is 4.01. The molecule has 0 unspecified atom stereocenters. The molecule has 6 heteroatoms. The van der Waals surface area contributed by atoms with Gasteiger partial charge in [-0.2, -0.15) is 0 Å². The fourth-order valence-electron chi connectivity index (χ4n) is 2.84. The van der Waals surface area contributed by atoms with Crippen LogP contribution in [-0.4, -0.2) is 33.2 Å². The minimum atomic E-state index is -3.56. The molecule has 0 radical (unpaired) electrons. The van der Waals surface area contributed by atoms with Gasteiger partial charge in [-0.3, -0.25) is 9.10 Å². The van der Waals surface area contributed by atoms with E-state index < -0.39 is 16.1 Å². The summed E-state index contributed by atoms with van der Waals surface area (Å²) in [6, 6.07) is 6.36. The molecule has 0 aromatic heterocycles. The van der Waals surface area contributed by atoms with Crippen molar-refractivity contribution in [1.29, 1.82) is 0 Å². The van der Waals surface area contributed by atoms with E-state index in [0.717, 1.165) is 37.5 Å². The highest BCUT2D eigenvalue weighted by molar-refractivity contribution is 7.92. The summed E-state index contributed by atoms with van der Waals surface area (Å²) in [6.45, 7) is 8.42. The molecule has 0 fully saturated rings. The summed E-state index contributed by atoms with van der Waals surface area (Å²) in [5.74, 6) is 0.170. The number of hydrogen-bond donors (Lipinski definition) is 1. The van der Waals surface area contributed by atoms with Crippen LogP contribution in [-0.2, 0) is 14.8 Å². The van der Waals surface area contributed by atoms with Crippen LogP contribution in [0.2, 0.25) is 0 Å². The maximum Gasteiger partial charge on any atom is 0.243 e. The van der Waals surface area contributed by atoms with Crippen LogP contribution in [0.3, 0.4) is 0 Å². The van der Waals surface area contributed by atoms with Gasteiger partial charge in [0.2, 0.25) is 15.9 Å². The van der Waals surface area contributed by atoms with E-state index in [4.69, 9.17) is 0 Å². The lowest BCUT2D eigenvalue weighted by molar-refractivity contribution is -0.122. The standard InChI is InChI=1S/C19H32N2O3S/c1-6-8-9-17(7-2)14-20-19(22)16(4)21(25(5,23)24)18-12-10-15(3)11-13-18/h10-13,16-17H,6-9,14H2,1-5H3,(H,20,22)/t16-,17-/m0/s1. The maximum atomic E-state index is 12.5. The highest BCUT2D eigenvalue weighted by atomic mass is 32.2. The predicted molar refractivity (Wildman–Crippen MR) is 104 cm³/mol. The first-order valence-corrected chi connectivity index (χ1v) is 10.9. The van der Waals surface area contributed by atoms with Crippen molar-refractivity contribution >= 4 is 21.6 Å². The number of nitrogens with one attached hydrogen (secondary N) is 1. The Kier molecular flexibility index (Phi) is 8.42. The summed E-state index contributed by atoms with van der Waals surface area (Å²) < 4.78 is 25.7. The van der Waals surface area contributed by atoms with Gasteiger partial charge in [-0.05, 0) is 38.3 Å². The minimum Gasteiger partial charge on any atom is -0.354 e. The molecule has 0 spiro atoms. The number of rotatable bonds is 10. The molecule has 142 valence electrons. The van der Waals surface area contributed by atoms with Gasteiger partial charge in [-0.1, -0.05) is 50.8 Å². The van der Waals surface area contributed by atoms with E-state index in [-0.39, 0.29) is 5.91 Å². The molecule has 1 rings (SSSR count). The lowest BCUT2D eigenvalue weighted by atomic mass is 9.99. The van der Waals surface area contributed by atoms with E-state index in [9.17, 15) is 13.2 Å². The molecule has 0 aliphatic carbocycles. The summed E-state index contributed by atoms with van der Waals surface area (Å²) in [5, 5.41) is 2.93. The SMILES string of the molecule is CCCC[C@H](CC)CNC(=O)[C@H](C)N(c1ccc(C)cc1)S(C)(=O)=O. The molecule has 25 heavy (non-hydrogen) atoms. The van der Waals surface area contributed by atoms with E-state index in [0.29, 0.717) is 18.2 Å².